The standard InChI is InChI=1S/C11H12F2N2/c12-11(13,4-5-14)9-1-2-10-8(7-9)3-6-15-10/h1-3,6-7,15H,4-5,14H2. The van der Waals surface area contributed by atoms with Crippen molar-refractivity contribution in [1.29, 1.82) is 0 Å². The smallest absolute Gasteiger partial charge is 0.274 e. The Labute approximate surface area is 86.1 Å². The predicted octanol–water partition coefficient (Wildman–Crippen LogP) is 2.61. The summed E-state index contributed by atoms with van der Waals surface area (Å²) in [5.41, 5.74) is 6.05. The van der Waals surface area contributed by atoms with E-state index in [4.69, 9.17) is 5.73 Å². The number of H-pyrrole nitrogens is 1. The maximum Gasteiger partial charge on any atom is 0.274 e. The number of fused-ring (bicyclic) bond motifs is 1. The molecule has 1 aromatic carbocycles. The molecule has 0 saturated carbocycles. The number of nitrogens with two attached hydrogens (primary N) is 1. The van der Waals surface area contributed by atoms with E-state index < -0.39 is 5.92 Å². The Morgan fingerprint density at radius 3 is 2.80 bits per heavy atom. The lowest BCUT2D eigenvalue weighted by molar-refractivity contribution is -0.0105. The Bertz CT molecular complexity index is 462. The molecule has 0 bridgehead atoms. The summed E-state index contributed by atoms with van der Waals surface area (Å²) in [7, 11) is 0. The molecule has 0 radical (unpaired) electrons. The summed E-state index contributed by atoms with van der Waals surface area (Å²) in [4.78, 5) is 2.96. The summed E-state index contributed by atoms with van der Waals surface area (Å²) in [6.45, 7) is -0.0157. The van der Waals surface area contributed by atoms with E-state index in [0.717, 1.165) is 10.9 Å². The van der Waals surface area contributed by atoms with E-state index >= 15 is 0 Å². The molecular weight excluding hydrogens is 198 g/mol. The number of nitrogens with one attached hydrogen (secondary N) is 1. The van der Waals surface area contributed by atoms with Crippen LogP contribution in [-0.4, -0.2) is 11.5 Å². The molecule has 3 N–H and O–H groups in total. The van der Waals surface area contributed by atoms with Crippen molar-refractivity contribution in [2.45, 2.75) is 12.3 Å². The maximum atomic E-state index is 13.5. The van der Waals surface area contributed by atoms with Crippen LogP contribution in [0.3, 0.4) is 0 Å². The molecule has 0 aliphatic heterocycles. The van der Waals surface area contributed by atoms with Crippen molar-refractivity contribution >= 4 is 10.9 Å². The van der Waals surface area contributed by atoms with Gasteiger partial charge in [0, 0.05) is 23.7 Å². The zero-order valence-electron chi connectivity index (χ0n) is 8.13. The van der Waals surface area contributed by atoms with Crippen molar-refractivity contribution in [2.24, 2.45) is 5.73 Å². The molecule has 0 fully saturated rings. The summed E-state index contributed by atoms with van der Waals surface area (Å²) in [6, 6.07) is 6.38. The molecule has 4 heteroatoms. The highest BCUT2D eigenvalue weighted by Crippen LogP contribution is 2.32. The Morgan fingerprint density at radius 2 is 2.07 bits per heavy atom. The van der Waals surface area contributed by atoms with Gasteiger partial charge >= 0.3 is 0 Å². The van der Waals surface area contributed by atoms with Gasteiger partial charge in [0.2, 0.25) is 0 Å². The van der Waals surface area contributed by atoms with E-state index in [9.17, 15) is 8.78 Å². The minimum atomic E-state index is -2.83. The molecular formula is C11H12F2N2. The van der Waals surface area contributed by atoms with Crippen LogP contribution in [0.4, 0.5) is 8.78 Å². The first kappa shape index (κ1) is 10.1. The molecule has 1 aromatic heterocycles. The quantitative estimate of drug-likeness (QED) is 0.803. The van der Waals surface area contributed by atoms with Crippen molar-refractivity contribution in [3.8, 4) is 0 Å². The number of rotatable bonds is 3. The Hall–Kier alpha value is -1.42. The molecule has 80 valence electrons. The molecule has 0 aliphatic carbocycles. The van der Waals surface area contributed by atoms with Gasteiger partial charge in [0.15, 0.2) is 0 Å². The zero-order valence-corrected chi connectivity index (χ0v) is 8.13. The molecule has 0 atom stereocenters. The van der Waals surface area contributed by atoms with Gasteiger partial charge in [-0.2, -0.15) is 0 Å². The average Bonchev–Trinajstić information content (AvgIpc) is 2.63. The molecule has 0 unspecified atom stereocenters. The summed E-state index contributed by atoms with van der Waals surface area (Å²) >= 11 is 0. The van der Waals surface area contributed by atoms with Gasteiger partial charge in [0.1, 0.15) is 0 Å². The van der Waals surface area contributed by atoms with E-state index in [1.807, 2.05) is 0 Å². The average molecular weight is 210 g/mol. The Balaban J connectivity index is 2.42. The molecule has 2 nitrogen and oxygen atoms in total. The van der Waals surface area contributed by atoms with Crippen LogP contribution in [-0.2, 0) is 5.92 Å². The van der Waals surface area contributed by atoms with Gasteiger partial charge in [-0.05, 0) is 30.1 Å². The number of alkyl halides is 2. The van der Waals surface area contributed by atoms with Crippen LogP contribution in [0, 0.1) is 0 Å². The van der Waals surface area contributed by atoms with Crippen LogP contribution in [0.5, 0.6) is 0 Å². The summed E-state index contributed by atoms with van der Waals surface area (Å²) in [6.07, 6.45) is 1.42. The molecule has 15 heavy (non-hydrogen) atoms. The third-order valence-electron chi connectivity index (χ3n) is 2.43. The minimum absolute atomic E-state index is 0.0157. The third-order valence-corrected chi connectivity index (χ3v) is 2.43. The molecule has 0 amide bonds. The number of hydrogen-bond donors (Lipinski definition) is 2. The number of hydrogen-bond acceptors (Lipinski definition) is 1. The van der Waals surface area contributed by atoms with Crippen molar-refractivity contribution < 1.29 is 8.78 Å². The minimum Gasteiger partial charge on any atom is -0.361 e. The fourth-order valence-electron chi connectivity index (χ4n) is 1.61. The number of aromatic amines is 1. The second-order valence-electron chi connectivity index (χ2n) is 3.52. The van der Waals surface area contributed by atoms with Crippen LogP contribution in [0.1, 0.15) is 12.0 Å². The fraction of sp³-hybridized carbons (Fsp3) is 0.273. The SMILES string of the molecule is NCCC(F)(F)c1ccc2[nH]ccc2c1. The fourth-order valence-corrected chi connectivity index (χ4v) is 1.61. The predicted molar refractivity (Wildman–Crippen MR) is 55.9 cm³/mol. The Morgan fingerprint density at radius 1 is 1.27 bits per heavy atom. The highest BCUT2D eigenvalue weighted by molar-refractivity contribution is 5.80. The molecule has 0 aliphatic rings. The Kier molecular flexibility index (Phi) is 2.44. The highest BCUT2D eigenvalue weighted by Gasteiger charge is 2.30. The lowest BCUT2D eigenvalue weighted by atomic mass is 10.0. The van der Waals surface area contributed by atoms with Gasteiger partial charge in [-0.3, -0.25) is 0 Å². The van der Waals surface area contributed by atoms with Crippen LogP contribution >= 0.6 is 0 Å². The molecule has 0 saturated heterocycles. The lowest BCUT2D eigenvalue weighted by Gasteiger charge is -2.15. The summed E-state index contributed by atoms with van der Waals surface area (Å²) < 4.78 is 27.0. The van der Waals surface area contributed by atoms with E-state index in [1.165, 1.54) is 12.1 Å². The van der Waals surface area contributed by atoms with E-state index in [0.29, 0.717) is 0 Å². The van der Waals surface area contributed by atoms with Gasteiger partial charge in [-0.15, -0.1) is 0 Å². The van der Waals surface area contributed by atoms with Gasteiger partial charge < -0.3 is 10.7 Å². The lowest BCUT2D eigenvalue weighted by Crippen LogP contribution is -2.18. The van der Waals surface area contributed by atoms with Gasteiger partial charge in [0.05, 0.1) is 0 Å². The van der Waals surface area contributed by atoms with Crippen molar-refractivity contribution in [3.63, 3.8) is 0 Å². The van der Waals surface area contributed by atoms with E-state index in [-0.39, 0.29) is 18.5 Å². The number of halogens is 2. The van der Waals surface area contributed by atoms with Crippen LogP contribution < -0.4 is 5.73 Å². The van der Waals surface area contributed by atoms with Gasteiger partial charge in [0.25, 0.3) is 5.92 Å². The maximum absolute atomic E-state index is 13.5. The van der Waals surface area contributed by atoms with Crippen LogP contribution in [0.2, 0.25) is 0 Å². The van der Waals surface area contributed by atoms with Crippen molar-refractivity contribution in [2.75, 3.05) is 6.54 Å². The first-order chi connectivity index (χ1) is 7.13. The summed E-state index contributed by atoms with van der Waals surface area (Å²) in [5, 5.41) is 0.796. The van der Waals surface area contributed by atoms with Crippen molar-refractivity contribution in [1.82, 2.24) is 4.98 Å². The molecule has 2 rings (SSSR count). The molecule has 1 heterocycles. The van der Waals surface area contributed by atoms with Gasteiger partial charge in [-0.1, -0.05) is 6.07 Å². The first-order valence-corrected chi connectivity index (χ1v) is 4.79. The third kappa shape index (κ3) is 1.85. The number of benzene rings is 1. The highest BCUT2D eigenvalue weighted by atomic mass is 19.3. The zero-order chi connectivity index (χ0) is 10.9. The summed E-state index contributed by atoms with van der Waals surface area (Å²) in [5.74, 6) is -2.83. The van der Waals surface area contributed by atoms with E-state index in [2.05, 4.69) is 4.98 Å². The molecule has 0 spiro atoms. The van der Waals surface area contributed by atoms with Gasteiger partial charge in [-0.25, -0.2) is 8.78 Å². The normalized spacial score (nSPS) is 12.2. The first-order valence-electron chi connectivity index (χ1n) is 4.79. The van der Waals surface area contributed by atoms with E-state index in [1.54, 1.807) is 18.3 Å². The second kappa shape index (κ2) is 3.62. The largest absolute Gasteiger partial charge is 0.361 e. The molecule has 2 aromatic rings. The van der Waals surface area contributed by atoms with Crippen LogP contribution in [0.15, 0.2) is 30.5 Å². The second-order valence-corrected chi connectivity index (χ2v) is 3.52. The van der Waals surface area contributed by atoms with Crippen LogP contribution in [0.25, 0.3) is 10.9 Å². The monoisotopic (exact) mass is 210 g/mol. The topological polar surface area (TPSA) is 41.8 Å². The number of aromatic nitrogens is 1. The van der Waals surface area contributed by atoms with Crippen molar-refractivity contribution in [3.05, 3.63) is 36.0 Å².